The summed E-state index contributed by atoms with van der Waals surface area (Å²) in [4.78, 5) is 0. The van der Waals surface area contributed by atoms with Crippen LogP contribution in [0.25, 0.3) is 0 Å². The summed E-state index contributed by atoms with van der Waals surface area (Å²) in [5, 5.41) is 0. The molecule has 3 saturated heterocycles. The molecule has 0 radical (unpaired) electrons. The van der Waals surface area contributed by atoms with E-state index in [9.17, 15) is 0 Å². The quantitative estimate of drug-likeness (QED) is 0.623. The van der Waals surface area contributed by atoms with E-state index in [1.807, 2.05) is 0 Å². The summed E-state index contributed by atoms with van der Waals surface area (Å²) in [5.41, 5.74) is 0. The summed E-state index contributed by atoms with van der Waals surface area (Å²) >= 11 is 0. The molecule has 2 saturated carbocycles. The highest BCUT2D eigenvalue weighted by molar-refractivity contribution is 5.16. The van der Waals surface area contributed by atoms with E-state index >= 15 is 0 Å². The topological polar surface area (TPSA) is 56.0 Å². The first-order valence-electron chi connectivity index (χ1n) is 7.02. The second kappa shape index (κ2) is 3.67. The highest BCUT2D eigenvalue weighted by atomic mass is 16.6. The van der Waals surface area contributed by atoms with E-state index in [1.54, 1.807) is 0 Å². The van der Waals surface area contributed by atoms with Gasteiger partial charge in [0.15, 0.2) is 0 Å². The Morgan fingerprint density at radius 2 is 1.33 bits per heavy atom. The molecule has 0 aromatic heterocycles. The van der Waals surface area contributed by atoms with E-state index < -0.39 is 0 Å². The van der Waals surface area contributed by atoms with Crippen molar-refractivity contribution >= 4 is 0 Å². The van der Waals surface area contributed by atoms with E-state index in [1.165, 1.54) is 6.42 Å². The molecule has 100 valence electrons. The van der Waals surface area contributed by atoms with Crippen LogP contribution in [0, 0.1) is 11.8 Å². The molecule has 5 aliphatic rings. The van der Waals surface area contributed by atoms with Crippen LogP contribution in [-0.4, -0.2) is 63.1 Å². The zero-order valence-corrected chi connectivity index (χ0v) is 10.2. The Hall–Kier alpha value is -0.200. The maximum Gasteiger partial charge on any atom is 0.104 e. The van der Waals surface area contributed by atoms with Gasteiger partial charge >= 0.3 is 0 Å². The molecule has 5 nitrogen and oxygen atoms in total. The number of ether oxygens (including phenoxy) is 5. The van der Waals surface area contributed by atoms with E-state index in [0.717, 1.165) is 13.2 Å². The monoisotopic (exact) mass is 254 g/mol. The van der Waals surface area contributed by atoms with Crippen LogP contribution in [0.2, 0.25) is 0 Å². The van der Waals surface area contributed by atoms with Crippen molar-refractivity contribution in [1.29, 1.82) is 0 Å². The van der Waals surface area contributed by atoms with Gasteiger partial charge in [0.1, 0.15) is 12.2 Å². The molecular formula is C13H18O5. The summed E-state index contributed by atoms with van der Waals surface area (Å²) in [5.74, 6) is 1.09. The van der Waals surface area contributed by atoms with Gasteiger partial charge in [0.2, 0.25) is 0 Å². The molecule has 0 N–H and O–H groups in total. The van der Waals surface area contributed by atoms with Gasteiger partial charge in [-0.05, 0) is 6.42 Å². The van der Waals surface area contributed by atoms with Crippen molar-refractivity contribution in [2.75, 3.05) is 26.4 Å². The van der Waals surface area contributed by atoms with Crippen molar-refractivity contribution in [2.24, 2.45) is 11.8 Å². The summed E-state index contributed by atoms with van der Waals surface area (Å²) in [6.45, 7) is 3.13. The Morgan fingerprint density at radius 3 is 1.78 bits per heavy atom. The highest BCUT2D eigenvalue weighted by Crippen LogP contribution is 2.58. The summed E-state index contributed by atoms with van der Waals surface area (Å²) in [6, 6.07) is 0. The molecule has 18 heavy (non-hydrogen) atoms. The molecule has 0 aromatic rings. The fourth-order valence-corrected chi connectivity index (χ4v) is 3.74. The van der Waals surface area contributed by atoms with Crippen LogP contribution in [-0.2, 0) is 23.7 Å². The molecule has 5 fully saturated rings. The largest absolute Gasteiger partial charge is 0.372 e. The summed E-state index contributed by atoms with van der Waals surface area (Å²) < 4.78 is 28.3. The third kappa shape index (κ3) is 1.65. The predicted octanol–water partition coefficient (Wildman–Crippen LogP) is -0.0285. The van der Waals surface area contributed by atoms with Gasteiger partial charge in [-0.15, -0.1) is 0 Å². The minimum absolute atomic E-state index is 0.210. The number of fused-ring (bicyclic) bond motifs is 5. The van der Waals surface area contributed by atoms with E-state index in [2.05, 4.69) is 0 Å². The lowest BCUT2D eigenvalue weighted by Crippen LogP contribution is -2.41. The molecule has 3 aliphatic heterocycles. The average Bonchev–Trinajstić information content (AvgIpc) is 3.25. The van der Waals surface area contributed by atoms with Gasteiger partial charge in [-0.2, -0.15) is 0 Å². The van der Waals surface area contributed by atoms with Crippen LogP contribution >= 0.6 is 0 Å². The Balaban J connectivity index is 1.26. The van der Waals surface area contributed by atoms with Gasteiger partial charge in [0.05, 0.1) is 50.8 Å². The van der Waals surface area contributed by atoms with Crippen molar-refractivity contribution in [3.05, 3.63) is 0 Å². The second-order valence-electron chi connectivity index (χ2n) is 6.14. The minimum Gasteiger partial charge on any atom is -0.372 e. The number of rotatable bonds is 6. The zero-order chi connectivity index (χ0) is 11.7. The van der Waals surface area contributed by atoms with Crippen LogP contribution in [0.1, 0.15) is 6.42 Å². The van der Waals surface area contributed by atoms with Crippen LogP contribution in [0.4, 0.5) is 0 Å². The lowest BCUT2D eigenvalue weighted by Gasteiger charge is -2.28. The maximum atomic E-state index is 6.05. The number of hydrogen-bond donors (Lipinski definition) is 0. The molecule has 5 heteroatoms. The van der Waals surface area contributed by atoms with Crippen LogP contribution in [0.5, 0.6) is 0 Å². The summed E-state index contributed by atoms with van der Waals surface area (Å²) in [7, 11) is 0. The fourth-order valence-electron chi connectivity index (χ4n) is 3.74. The van der Waals surface area contributed by atoms with Crippen molar-refractivity contribution in [3.8, 4) is 0 Å². The maximum absolute atomic E-state index is 6.05. The normalized spacial score (nSPS) is 58.7. The predicted molar refractivity (Wildman–Crippen MR) is 59.2 cm³/mol. The smallest absolute Gasteiger partial charge is 0.104 e. The lowest BCUT2D eigenvalue weighted by atomic mass is 9.94. The van der Waals surface area contributed by atoms with Crippen molar-refractivity contribution in [3.63, 3.8) is 0 Å². The average molecular weight is 254 g/mol. The van der Waals surface area contributed by atoms with Crippen molar-refractivity contribution < 1.29 is 23.7 Å². The molecular weight excluding hydrogens is 236 g/mol. The lowest BCUT2D eigenvalue weighted by molar-refractivity contribution is -0.0962. The van der Waals surface area contributed by atoms with Crippen LogP contribution < -0.4 is 0 Å². The Labute approximate surface area is 106 Å². The first-order valence-corrected chi connectivity index (χ1v) is 7.02. The minimum atomic E-state index is 0.210. The molecule has 0 amide bonds. The highest BCUT2D eigenvalue weighted by Gasteiger charge is 2.68. The van der Waals surface area contributed by atoms with E-state index in [4.69, 9.17) is 23.7 Å². The fraction of sp³-hybridized carbons (Fsp3) is 1.00. The SMILES string of the molecule is C1OC1COC1C2CC(C1OC[C@H]1CO1)C1OC21. The molecule has 0 spiro atoms. The van der Waals surface area contributed by atoms with Crippen LogP contribution in [0.3, 0.4) is 0 Å². The van der Waals surface area contributed by atoms with Gasteiger partial charge in [-0.3, -0.25) is 0 Å². The Morgan fingerprint density at radius 1 is 0.833 bits per heavy atom. The standard InChI is InChI=1S/C13H18O5/c1-8-10(16-4-6-2-14-6)11(17-5-7-3-15-7)9(1)13-12(8)18-13/h6-13H,1-5H2/t6-,7?,8?,9?,10?,11?,12?,13?/m1/s1. The molecule has 7 unspecified atom stereocenters. The summed E-state index contributed by atoms with van der Waals surface area (Å²) in [6.07, 6.45) is 3.19. The third-order valence-corrected chi connectivity index (χ3v) is 4.87. The van der Waals surface area contributed by atoms with Gasteiger partial charge in [-0.1, -0.05) is 0 Å². The molecule has 3 heterocycles. The van der Waals surface area contributed by atoms with E-state index in [0.29, 0.717) is 49.5 Å². The number of epoxide rings is 3. The molecule has 8 atom stereocenters. The molecule has 0 aromatic carbocycles. The third-order valence-electron chi connectivity index (χ3n) is 4.87. The van der Waals surface area contributed by atoms with Gasteiger partial charge in [-0.25, -0.2) is 0 Å². The van der Waals surface area contributed by atoms with Crippen LogP contribution in [0.15, 0.2) is 0 Å². The second-order valence-corrected chi connectivity index (χ2v) is 6.14. The first-order chi connectivity index (χ1) is 8.90. The number of hydrogen-bond acceptors (Lipinski definition) is 5. The van der Waals surface area contributed by atoms with E-state index in [-0.39, 0.29) is 12.2 Å². The molecule has 2 bridgehead atoms. The first kappa shape index (κ1) is 10.6. The molecule has 5 rings (SSSR count). The zero-order valence-electron chi connectivity index (χ0n) is 10.2. The molecule has 2 aliphatic carbocycles. The Kier molecular flexibility index (Phi) is 2.16. The van der Waals surface area contributed by atoms with Gasteiger partial charge < -0.3 is 23.7 Å². The van der Waals surface area contributed by atoms with Gasteiger partial charge in [0.25, 0.3) is 0 Å². The van der Waals surface area contributed by atoms with Crippen molar-refractivity contribution in [2.45, 2.75) is 43.0 Å². The Bertz CT molecular complexity index is 321. The van der Waals surface area contributed by atoms with Crippen molar-refractivity contribution in [1.82, 2.24) is 0 Å². The van der Waals surface area contributed by atoms with Gasteiger partial charge in [0, 0.05) is 11.8 Å².